The van der Waals surface area contributed by atoms with Crippen LogP contribution >= 0.6 is 15.9 Å². The lowest BCUT2D eigenvalue weighted by Crippen LogP contribution is -2.26. The minimum absolute atomic E-state index is 0.303. The van der Waals surface area contributed by atoms with Gasteiger partial charge in [-0.25, -0.2) is 9.18 Å². The van der Waals surface area contributed by atoms with E-state index in [1.807, 2.05) is 25.2 Å². The smallest absolute Gasteiger partial charge is 0.407 e. The lowest BCUT2D eigenvalue weighted by molar-refractivity contribution is 0.152. The van der Waals surface area contributed by atoms with Crippen LogP contribution in [0.15, 0.2) is 40.9 Å². The topological polar surface area (TPSA) is 67.6 Å². The summed E-state index contributed by atoms with van der Waals surface area (Å²) in [7, 11) is 3.31. The Balaban J connectivity index is 1.75. The second-order valence-electron chi connectivity index (χ2n) is 6.18. The summed E-state index contributed by atoms with van der Waals surface area (Å²) < 4.78 is 22.8. The molecule has 0 atom stereocenters. The Kier molecular flexibility index (Phi) is 5.65. The highest BCUT2D eigenvalue weighted by Gasteiger charge is 2.15. The predicted octanol–water partition coefficient (Wildman–Crippen LogP) is 4.52. The number of hydrogen-bond acceptors (Lipinski definition) is 3. The summed E-state index contributed by atoms with van der Waals surface area (Å²) in [6, 6.07) is 10.4. The van der Waals surface area contributed by atoms with Gasteiger partial charge in [0.1, 0.15) is 17.3 Å². The molecule has 27 heavy (non-hydrogen) atoms. The number of carbonyl (C=O) groups is 1. The van der Waals surface area contributed by atoms with Crippen molar-refractivity contribution in [1.82, 2.24) is 14.7 Å². The lowest BCUT2D eigenvalue weighted by Gasteiger charge is -2.13. The molecule has 1 N–H and O–H groups in total. The van der Waals surface area contributed by atoms with E-state index in [1.54, 1.807) is 16.8 Å². The fourth-order valence-corrected chi connectivity index (χ4v) is 3.14. The standard InChI is InChI=1S/C19H19BrFN3O3/c1-23(19(25)26)8-3-9-27-13-5-7-14(16(21)11-13)18-15-6-4-12(20)10-17(15)24(2)22-18/h4-7,10-11H,3,8-9H2,1-2H3,(H,25,26). The van der Waals surface area contributed by atoms with Crippen LogP contribution in [0.2, 0.25) is 0 Å². The summed E-state index contributed by atoms with van der Waals surface area (Å²) in [5, 5.41) is 14.1. The number of fused-ring (bicyclic) bond motifs is 1. The van der Waals surface area contributed by atoms with Crippen LogP contribution < -0.4 is 4.74 Å². The van der Waals surface area contributed by atoms with Crippen LogP contribution in [0.1, 0.15) is 6.42 Å². The van der Waals surface area contributed by atoms with Gasteiger partial charge in [-0.05, 0) is 36.8 Å². The Bertz CT molecular complexity index is 990. The van der Waals surface area contributed by atoms with Crippen LogP contribution in [-0.4, -0.2) is 46.1 Å². The van der Waals surface area contributed by atoms with E-state index in [1.165, 1.54) is 18.0 Å². The van der Waals surface area contributed by atoms with Crippen molar-refractivity contribution in [2.45, 2.75) is 6.42 Å². The number of aryl methyl sites for hydroxylation is 1. The minimum atomic E-state index is -0.986. The third-order valence-electron chi connectivity index (χ3n) is 4.24. The molecule has 1 heterocycles. The molecule has 0 unspecified atom stereocenters. The molecule has 142 valence electrons. The van der Waals surface area contributed by atoms with E-state index >= 15 is 0 Å². The maximum atomic E-state index is 14.7. The van der Waals surface area contributed by atoms with Gasteiger partial charge in [0.05, 0.1) is 12.1 Å². The number of rotatable bonds is 6. The molecule has 0 saturated heterocycles. The van der Waals surface area contributed by atoms with E-state index in [9.17, 15) is 9.18 Å². The summed E-state index contributed by atoms with van der Waals surface area (Å²) in [5.74, 6) is -0.0183. The molecule has 2 aromatic carbocycles. The van der Waals surface area contributed by atoms with Crippen LogP contribution in [0.5, 0.6) is 5.75 Å². The highest BCUT2D eigenvalue weighted by Crippen LogP contribution is 2.32. The van der Waals surface area contributed by atoms with E-state index in [4.69, 9.17) is 9.84 Å². The fourth-order valence-electron chi connectivity index (χ4n) is 2.79. The van der Waals surface area contributed by atoms with Crippen LogP contribution in [0.25, 0.3) is 22.2 Å². The highest BCUT2D eigenvalue weighted by atomic mass is 79.9. The third-order valence-corrected chi connectivity index (χ3v) is 4.74. The van der Waals surface area contributed by atoms with E-state index in [-0.39, 0.29) is 0 Å². The molecule has 3 aromatic rings. The number of amides is 1. The molecular weight excluding hydrogens is 417 g/mol. The molecular formula is C19H19BrFN3O3. The number of carboxylic acid groups (broad SMARTS) is 1. The summed E-state index contributed by atoms with van der Waals surface area (Å²) in [6.07, 6.45) is -0.466. The largest absolute Gasteiger partial charge is 0.493 e. The van der Waals surface area contributed by atoms with Gasteiger partial charge in [-0.2, -0.15) is 5.10 Å². The van der Waals surface area contributed by atoms with E-state index in [0.29, 0.717) is 36.6 Å². The van der Waals surface area contributed by atoms with Crippen molar-refractivity contribution in [2.24, 2.45) is 7.05 Å². The SMILES string of the molecule is CN(CCCOc1ccc(-c2nn(C)c3cc(Br)ccc23)c(F)c1)C(=O)O. The number of nitrogens with zero attached hydrogens (tertiary/aromatic N) is 3. The molecule has 0 bridgehead atoms. The van der Waals surface area contributed by atoms with Crippen LogP contribution in [0, 0.1) is 5.82 Å². The number of hydrogen-bond donors (Lipinski definition) is 1. The molecule has 6 nitrogen and oxygen atoms in total. The van der Waals surface area contributed by atoms with Gasteiger partial charge in [-0.15, -0.1) is 0 Å². The first-order chi connectivity index (χ1) is 12.9. The third kappa shape index (κ3) is 4.21. The van der Waals surface area contributed by atoms with Gasteiger partial charge in [0.2, 0.25) is 0 Å². The van der Waals surface area contributed by atoms with Gasteiger partial charge >= 0.3 is 6.09 Å². The zero-order chi connectivity index (χ0) is 19.6. The van der Waals surface area contributed by atoms with Gasteiger partial charge in [-0.1, -0.05) is 15.9 Å². The number of ether oxygens (including phenoxy) is 1. The maximum absolute atomic E-state index is 14.7. The first-order valence-electron chi connectivity index (χ1n) is 8.36. The maximum Gasteiger partial charge on any atom is 0.407 e. The van der Waals surface area contributed by atoms with Crippen molar-refractivity contribution in [3.8, 4) is 17.0 Å². The summed E-state index contributed by atoms with van der Waals surface area (Å²) >= 11 is 3.44. The van der Waals surface area contributed by atoms with Gasteiger partial charge in [0.25, 0.3) is 0 Å². The van der Waals surface area contributed by atoms with Crippen molar-refractivity contribution in [2.75, 3.05) is 20.2 Å². The fraction of sp³-hybridized carbons (Fsp3) is 0.263. The van der Waals surface area contributed by atoms with Gasteiger partial charge < -0.3 is 14.7 Å². The molecule has 3 rings (SSSR count). The molecule has 0 spiro atoms. The molecule has 0 saturated carbocycles. The molecule has 0 aliphatic heterocycles. The predicted molar refractivity (Wildman–Crippen MR) is 105 cm³/mol. The zero-order valence-electron chi connectivity index (χ0n) is 14.9. The molecule has 0 radical (unpaired) electrons. The highest BCUT2D eigenvalue weighted by molar-refractivity contribution is 9.10. The van der Waals surface area contributed by atoms with Crippen LogP contribution in [0.4, 0.5) is 9.18 Å². The molecule has 1 amide bonds. The lowest BCUT2D eigenvalue weighted by atomic mass is 10.1. The molecule has 0 aliphatic rings. The van der Waals surface area contributed by atoms with Gasteiger partial charge in [0.15, 0.2) is 0 Å². The van der Waals surface area contributed by atoms with E-state index < -0.39 is 11.9 Å². The molecule has 0 fully saturated rings. The average Bonchev–Trinajstić information content (AvgIpc) is 2.94. The van der Waals surface area contributed by atoms with Crippen molar-refractivity contribution in [1.29, 1.82) is 0 Å². The van der Waals surface area contributed by atoms with Gasteiger partial charge in [-0.3, -0.25) is 4.68 Å². The Labute approximate surface area is 164 Å². The summed E-state index contributed by atoms with van der Waals surface area (Å²) in [6.45, 7) is 0.655. The van der Waals surface area contributed by atoms with Crippen LogP contribution in [0.3, 0.4) is 0 Å². The Morgan fingerprint density at radius 2 is 2.11 bits per heavy atom. The second-order valence-corrected chi connectivity index (χ2v) is 7.10. The van der Waals surface area contributed by atoms with E-state index in [0.717, 1.165) is 15.4 Å². The van der Waals surface area contributed by atoms with Crippen molar-refractivity contribution in [3.63, 3.8) is 0 Å². The van der Waals surface area contributed by atoms with E-state index in [2.05, 4.69) is 21.0 Å². The Morgan fingerprint density at radius 3 is 2.81 bits per heavy atom. The Morgan fingerprint density at radius 1 is 1.33 bits per heavy atom. The summed E-state index contributed by atoms with van der Waals surface area (Å²) in [5.41, 5.74) is 1.88. The second kappa shape index (κ2) is 7.96. The van der Waals surface area contributed by atoms with Crippen molar-refractivity contribution >= 4 is 32.9 Å². The molecule has 0 aliphatic carbocycles. The normalized spacial score (nSPS) is 11.0. The van der Waals surface area contributed by atoms with Crippen molar-refractivity contribution in [3.05, 3.63) is 46.7 Å². The Hall–Kier alpha value is -2.61. The average molecular weight is 436 g/mol. The monoisotopic (exact) mass is 435 g/mol. The number of benzene rings is 2. The van der Waals surface area contributed by atoms with Crippen LogP contribution in [-0.2, 0) is 7.05 Å². The summed E-state index contributed by atoms with van der Waals surface area (Å²) in [4.78, 5) is 11.9. The first kappa shape index (κ1) is 19.2. The molecule has 1 aromatic heterocycles. The minimum Gasteiger partial charge on any atom is -0.493 e. The zero-order valence-corrected chi connectivity index (χ0v) is 16.5. The number of halogens is 2. The van der Waals surface area contributed by atoms with Gasteiger partial charge in [0, 0.05) is 42.1 Å². The molecule has 8 heteroatoms. The van der Waals surface area contributed by atoms with Crippen molar-refractivity contribution < 1.29 is 19.0 Å². The number of aromatic nitrogens is 2. The quantitative estimate of drug-likeness (QED) is 0.577. The first-order valence-corrected chi connectivity index (χ1v) is 9.15.